The van der Waals surface area contributed by atoms with Gasteiger partial charge in [-0.3, -0.25) is 9.69 Å². The number of alkyl halides is 3. The van der Waals surface area contributed by atoms with Crippen molar-refractivity contribution in [3.63, 3.8) is 0 Å². The minimum atomic E-state index is -4.21. The molecule has 1 fully saturated rings. The highest BCUT2D eigenvalue weighted by atomic mass is 19.4. The Bertz CT molecular complexity index is 324. The Morgan fingerprint density at radius 3 is 2.71 bits per heavy atom. The van der Waals surface area contributed by atoms with E-state index in [1.165, 1.54) is 13.5 Å². The van der Waals surface area contributed by atoms with E-state index in [-0.39, 0.29) is 31.7 Å². The molecule has 2 atom stereocenters. The van der Waals surface area contributed by atoms with Crippen LogP contribution in [-0.2, 0) is 9.53 Å². The standard InChI is InChI=1S/C14H25F3N2O2/c1-11-4-3-5-12(8-11)21-9-13(20)18-6-7-19(2)10-14(15,16)17/h11-12H,3-10H2,1-2H3,(H,18,20)/t11-,12-/m1/s1. The number of hydrogen-bond donors (Lipinski definition) is 1. The lowest BCUT2D eigenvalue weighted by Crippen LogP contribution is -2.39. The average Bonchev–Trinajstić information content (AvgIpc) is 2.34. The number of nitrogens with zero attached hydrogens (tertiary/aromatic N) is 1. The molecule has 0 aromatic heterocycles. The molecule has 21 heavy (non-hydrogen) atoms. The molecule has 0 aromatic rings. The van der Waals surface area contributed by atoms with E-state index in [0.717, 1.165) is 24.2 Å². The third-order valence-electron chi connectivity index (χ3n) is 3.60. The van der Waals surface area contributed by atoms with Crippen molar-refractivity contribution in [2.24, 2.45) is 5.92 Å². The van der Waals surface area contributed by atoms with Gasteiger partial charge in [0.25, 0.3) is 0 Å². The van der Waals surface area contributed by atoms with Gasteiger partial charge in [-0.05, 0) is 25.8 Å². The highest BCUT2D eigenvalue weighted by Crippen LogP contribution is 2.25. The van der Waals surface area contributed by atoms with Crippen molar-refractivity contribution in [1.82, 2.24) is 10.2 Å². The molecule has 0 bridgehead atoms. The van der Waals surface area contributed by atoms with Gasteiger partial charge in [0.1, 0.15) is 6.61 Å². The Balaban J connectivity index is 2.08. The molecule has 0 unspecified atom stereocenters. The molecule has 1 aliphatic rings. The highest BCUT2D eigenvalue weighted by molar-refractivity contribution is 5.77. The first-order valence-corrected chi connectivity index (χ1v) is 7.40. The molecule has 0 heterocycles. The van der Waals surface area contributed by atoms with E-state index in [9.17, 15) is 18.0 Å². The van der Waals surface area contributed by atoms with Crippen LogP contribution in [0, 0.1) is 5.92 Å². The highest BCUT2D eigenvalue weighted by Gasteiger charge is 2.28. The van der Waals surface area contributed by atoms with Crippen molar-refractivity contribution < 1.29 is 22.7 Å². The Kier molecular flexibility index (Phi) is 7.45. The summed E-state index contributed by atoms with van der Waals surface area (Å²) in [5.74, 6) is 0.358. The number of ether oxygens (including phenoxy) is 1. The maximum atomic E-state index is 12.1. The Labute approximate surface area is 124 Å². The van der Waals surface area contributed by atoms with Crippen LogP contribution in [-0.4, -0.2) is 56.4 Å². The molecular formula is C14H25F3N2O2. The van der Waals surface area contributed by atoms with Crippen molar-refractivity contribution in [1.29, 1.82) is 0 Å². The molecule has 124 valence electrons. The molecule has 1 rings (SSSR count). The van der Waals surface area contributed by atoms with Crippen LogP contribution in [0.5, 0.6) is 0 Å². The largest absolute Gasteiger partial charge is 0.401 e. The molecule has 1 N–H and O–H groups in total. The fourth-order valence-corrected chi connectivity index (χ4v) is 2.55. The minimum absolute atomic E-state index is 0.0135. The summed E-state index contributed by atoms with van der Waals surface area (Å²) in [5, 5.41) is 2.58. The zero-order valence-electron chi connectivity index (χ0n) is 12.7. The lowest BCUT2D eigenvalue weighted by molar-refractivity contribution is -0.142. The van der Waals surface area contributed by atoms with Crippen LogP contribution < -0.4 is 5.32 Å². The number of carbonyl (C=O) groups excluding carboxylic acids is 1. The summed E-state index contributed by atoms with van der Waals surface area (Å²) in [6, 6.07) is 0. The molecule has 1 saturated carbocycles. The van der Waals surface area contributed by atoms with Gasteiger partial charge in [0, 0.05) is 13.1 Å². The van der Waals surface area contributed by atoms with Crippen LogP contribution >= 0.6 is 0 Å². The number of carbonyl (C=O) groups is 1. The van der Waals surface area contributed by atoms with Crippen LogP contribution in [0.3, 0.4) is 0 Å². The molecule has 0 spiro atoms. The second-order valence-corrected chi connectivity index (χ2v) is 5.91. The second kappa shape index (κ2) is 8.58. The molecule has 0 radical (unpaired) electrons. The number of nitrogens with one attached hydrogen (secondary N) is 1. The van der Waals surface area contributed by atoms with Gasteiger partial charge in [0.15, 0.2) is 0 Å². The third kappa shape index (κ3) is 8.93. The molecule has 4 nitrogen and oxygen atoms in total. The Morgan fingerprint density at radius 2 is 2.10 bits per heavy atom. The van der Waals surface area contributed by atoms with E-state index in [1.807, 2.05) is 0 Å². The van der Waals surface area contributed by atoms with Crippen LogP contribution in [0.15, 0.2) is 0 Å². The van der Waals surface area contributed by atoms with Gasteiger partial charge in [-0.25, -0.2) is 0 Å². The van der Waals surface area contributed by atoms with Crippen molar-refractivity contribution in [3.05, 3.63) is 0 Å². The van der Waals surface area contributed by atoms with Gasteiger partial charge in [-0.2, -0.15) is 13.2 Å². The minimum Gasteiger partial charge on any atom is -0.368 e. The quantitative estimate of drug-likeness (QED) is 0.784. The first-order valence-electron chi connectivity index (χ1n) is 7.40. The first kappa shape index (κ1) is 18.2. The lowest BCUT2D eigenvalue weighted by atomic mass is 9.89. The molecule has 1 aliphatic carbocycles. The lowest BCUT2D eigenvalue weighted by Gasteiger charge is -2.26. The number of likely N-dealkylation sites (N-methyl/N-ethyl adjacent to an activating group) is 1. The smallest absolute Gasteiger partial charge is 0.368 e. The predicted octanol–water partition coefficient (Wildman–Crippen LogP) is 2.19. The zero-order valence-corrected chi connectivity index (χ0v) is 12.7. The molecule has 0 aliphatic heterocycles. The second-order valence-electron chi connectivity index (χ2n) is 5.91. The van der Waals surface area contributed by atoms with Gasteiger partial charge < -0.3 is 10.1 Å². The van der Waals surface area contributed by atoms with Crippen molar-refractivity contribution >= 4 is 5.91 Å². The van der Waals surface area contributed by atoms with E-state index in [2.05, 4.69) is 12.2 Å². The van der Waals surface area contributed by atoms with Gasteiger partial charge in [-0.15, -0.1) is 0 Å². The summed E-state index contributed by atoms with van der Waals surface area (Å²) in [7, 11) is 1.37. The first-order chi connectivity index (χ1) is 9.76. The van der Waals surface area contributed by atoms with E-state index < -0.39 is 12.7 Å². The third-order valence-corrected chi connectivity index (χ3v) is 3.60. The van der Waals surface area contributed by atoms with Gasteiger partial charge in [0.05, 0.1) is 12.6 Å². The molecule has 1 amide bonds. The zero-order chi connectivity index (χ0) is 15.9. The molecule has 0 aromatic carbocycles. The summed E-state index contributed by atoms with van der Waals surface area (Å²) in [6.07, 6.45) is 0.202. The van der Waals surface area contributed by atoms with Crippen LogP contribution in [0.4, 0.5) is 13.2 Å². The van der Waals surface area contributed by atoms with Crippen LogP contribution in [0.25, 0.3) is 0 Å². The van der Waals surface area contributed by atoms with Crippen molar-refractivity contribution in [3.8, 4) is 0 Å². The van der Waals surface area contributed by atoms with Gasteiger partial charge >= 0.3 is 6.18 Å². The van der Waals surface area contributed by atoms with E-state index in [0.29, 0.717) is 5.92 Å². The molecule has 7 heteroatoms. The Morgan fingerprint density at radius 1 is 1.38 bits per heavy atom. The topological polar surface area (TPSA) is 41.6 Å². The molecule has 0 saturated heterocycles. The van der Waals surface area contributed by atoms with Crippen molar-refractivity contribution in [2.45, 2.75) is 44.9 Å². The monoisotopic (exact) mass is 310 g/mol. The van der Waals surface area contributed by atoms with Gasteiger partial charge in [0.2, 0.25) is 5.91 Å². The SMILES string of the molecule is C[C@@H]1CCC[C@@H](OCC(=O)NCCN(C)CC(F)(F)F)C1. The molecular weight excluding hydrogens is 285 g/mol. The maximum absolute atomic E-state index is 12.1. The summed E-state index contributed by atoms with van der Waals surface area (Å²) < 4.78 is 41.9. The fraction of sp³-hybridized carbons (Fsp3) is 0.929. The van der Waals surface area contributed by atoms with Crippen LogP contribution in [0.1, 0.15) is 32.6 Å². The number of hydrogen-bond acceptors (Lipinski definition) is 3. The average molecular weight is 310 g/mol. The predicted molar refractivity (Wildman–Crippen MR) is 73.9 cm³/mol. The summed E-state index contributed by atoms with van der Waals surface area (Å²) >= 11 is 0. The van der Waals surface area contributed by atoms with E-state index in [1.54, 1.807) is 0 Å². The van der Waals surface area contributed by atoms with Crippen LogP contribution in [0.2, 0.25) is 0 Å². The number of halogens is 3. The normalized spacial score (nSPS) is 23.3. The number of rotatable bonds is 7. The summed E-state index contributed by atoms with van der Waals surface area (Å²) in [4.78, 5) is 12.7. The van der Waals surface area contributed by atoms with Crippen molar-refractivity contribution in [2.75, 3.05) is 33.3 Å². The summed E-state index contributed by atoms with van der Waals surface area (Å²) in [5.41, 5.74) is 0. The number of amides is 1. The van der Waals surface area contributed by atoms with E-state index in [4.69, 9.17) is 4.74 Å². The Hall–Kier alpha value is -0.820. The van der Waals surface area contributed by atoms with Gasteiger partial charge in [-0.1, -0.05) is 19.8 Å². The fourth-order valence-electron chi connectivity index (χ4n) is 2.55. The maximum Gasteiger partial charge on any atom is 0.401 e. The van der Waals surface area contributed by atoms with E-state index >= 15 is 0 Å². The summed E-state index contributed by atoms with van der Waals surface area (Å²) in [6.45, 7) is 1.54.